The summed E-state index contributed by atoms with van der Waals surface area (Å²) in [6, 6.07) is 11.4. The van der Waals surface area contributed by atoms with Crippen LogP contribution in [-0.2, 0) is 16.4 Å². The van der Waals surface area contributed by atoms with E-state index in [2.05, 4.69) is 4.72 Å². The molecule has 0 radical (unpaired) electrons. The smallest absolute Gasteiger partial charge is 0.263 e. The van der Waals surface area contributed by atoms with Gasteiger partial charge in [-0.05, 0) is 24.6 Å². The number of hydrogen-bond acceptors (Lipinski definition) is 4. The zero-order valence-corrected chi connectivity index (χ0v) is 18.9. The molecule has 1 aromatic heterocycles. The quantitative estimate of drug-likeness (QED) is 0.315. The summed E-state index contributed by atoms with van der Waals surface area (Å²) in [4.78, 5) is 12.4. The third-order valence-electron chi connectivity index (χ3n) is 5.36. The lowest BCUT2D eigenvalue weighted by atomic mass is 9.93. The largest absolute Gasteiger partial charge is 0.460 e. The molecule has 1 aliphatic carbocycles. The summed E-state index contributed by atoms with van der Waals surface area (Å²) in [5, 5.41) is 2.11. The molecule has 0 aliphatic heterocycles. The Labute approximate surface area is 192 Å². The Hall–Kier alpha value is -2.25. The monoisotopic (exact) mass is 493 g/mol. The molecule has 5 rings (SSSR count). The van der Waals surface area contributed by atoms with E-state index in [1.807, 2.05) is 12.1 Å². The van der Waals surface area contributed by atoms with Crippen molar-refractivity contribution in [3.05, 3.63) is 68.9 Å². The number of Topliss-reactive ketones (excluding diaryl/α,β-unsaturated/α-hetero) is 1. The van der Waals surface area contributed by atoms with Crippen LogP contribution in [0.15, 0.2) is 51.8 Å². The van der Waals surface area contributed by atoms with E-state index < -0.39 is 10.0 Å². The Morgan fingerprint density at radius 2 is 1.58 bits per heavy atom. The molecule has 1 aliphatic rings. The van der Waals surface area contributed by atoms with Crippen LogP contribution in [0.25, 0.3) is 21.7 Å². The first-order chi connectivity index (χ1) is 14.8. The van der Waals surface area contributed by atoms with Gasteiger partial charge in [-0.2, -0.15) is 0 Å². The van der Waals surface area contributed by atoms with Gasteiger partial charge in [0.1, 0.15) is 16.2 Å². The zero-order chi connectivity index (χ0) is 21.9. The van der Waals surface area contributed by atoms with Gasteiger partial charge in [-0.15, -0.1) is 0 Å². The van der Waals surface area contributed by atoms with E-state index in [4.69, 9.17) is 39.2 Å². The van der Waals surface area contributed by atoms with E-state index in [1.165, 1.54) is 12.1 Å². The highest BCUT2D eigenvalue weighted by Gasteiger charge is 2.27. The first-order valence-electron chi connectivity index (χ1n) is 9.44. The van der Waals surface area contributed by atoms with E-state index in [1.54, 1.807) is 18.2 Å². The topological polar surface area (TPSA) is 76.4 Å². The number of rotatable bonds is 3. The number of carbonyl (C=O) groups excluding carboxylic acids is 1. The Kier molecular flexibility index (Phi) is 4.94. The molecule has 0 unspecified atom stereocenters. The number of hydrogen-bond donors (Lipinski definition) is 1. The van der Waals surface area contributed by atoms with Gasteiger partial charge < -0.3 is 4.42 Å². The number of furan rings is 1. The van der Waals surface area contributed by atoms with Crippen LogP contribution in [0.3, 0.4) is 0 Å². The first kappa shape index (κ1) is 20.6. The highest BCUT2D eigenvalue weighted by molar-refractivity contribution is 7.92. The molecule has 31 heavy (non-hydrogen) atoms. The second-order valence-corrected chi connectivity index (χ2v) is 10.2. The summed E-state index contributed by atoms with van der Waals surface area (Å²) in [6.07, 6.45) is 1.84. The van der Waals surface area contributed by atoms with E-state index >= 15 is 0 Å². The zero-order valence-electron chi connectivity index (χ0n) is 15.8. The highest BCUT2D eigenvalue weighted by atomic mass is 35.5. The summed E-state index contributed by atoms with van der Waals surface area (Å²) in [5.74, 6) is 0.639. The van der Waals surface area contributed by atoms with Gasteiger partial charge in [0.15, 0.2) is 5.78 Å². The van der Waals surface area contributed by atoms with Crippen LogP contribution >= 0.6 is 34.8 Å². The molecule has 0 saturated heterocycles. The van der Waals surface area contributed by atoms with Crippen LogP contribution in [-0.4, -0.2) is 14.2 Å². The van der Waals surface area contributed by atoms with E-state index in [0.29, 0.717) is 51.6 Å². The predicted molar refractivity (Wildman–Crippen MR) is 123 cm³/mol. The van der Waals surface area contributed by atoms with Crippen molar-refractivity contribution in [1.29, 1.82) is 0 Å². The fourth-order valence-electron chi connectivity index (χ4n) is 3.98. The molecule has 0 spiro atoms. The Morgan fingerprint density at radius 1 is 0.871 bits per heavy atom. The number of fused-ring (bicyclic) bond motifs is 5. The van der Waals surface area contributed by atoms with Crippen molar-refractivity contribution >= 4 is 78.0 Å². The fraction of sp³-hybridized carbons (Fsp3) is 0.136. The second-order valence-electron chi connectivity index (χ2n) is 7.33. The number of anilines is 1. The van der Waals surface area contributed by atoms with Gasteiger partial charge in [-0.3, -0.25) is 9.52 Å². The lowest BCUT2D eigenvalue weighted by Gasteiger charge is -2.13. The Balaban J connectivity index is 1.74. The summed E-state index contributed by atoms with van der Waals surface area (Å²) < 4.78 is 35.0. The van der Waals surface area contributed by atoms with Crippen molar-refractivity contribution < 1.29 is 17.6 Å². The lowest BCUT2D eigenvalue weighted by molar-refractivity contribution is 0.0971. The standard InChI is InChI=1S/C22H14Cl3NO4S/c23-14-9-16(25)20(10-15(14)24)31(28,29)26-17-8-13-21-18(27)6-3-7-19(21)30-22(13)12-5-2-1-4-11(12)17/h1-2,4-5,8-10,26H,3,6-7H2. The van der Waals surface area contributed by atoms with E-state index in [0.717, 1.165) is 6.42 Å². The number of nitrogens with one attached hydrogen (secondary N) is 1. The summed E-state index contributed by atoms with van der Waals surface area (Å²) in [7, 11) is -4.10. The summed E-state index contributed by atoms with van der Waals surface area (Å²) in [6.45, 7) is 0. The molecule has 3 aromatic carbocycles. The number of sulfonamides is 1. The lowest BCUT2D eigenvalue weighted by Crippen LogP contribution is -2.14. The van der Waals surface area contributed by atoms with Gasteiger partial charge in [-0.1, -0.05) is 59.1 Å². The number of benzene rings is 3. The van der Waals surface area contributed by atoms with Gasteiger partial charge in [0, 0.05) is 29.0 Å². The maximum atomic E-state index is 13.2. The summed E-state index contributed by atoms with van der Waals surface area (Å²) in [5.41, 5.74) is 1.42. The van der Waals surface area contributed by atoms with Crippen molar-refractivity contribution in [2.75, 3.05) is 4.72 Å². The Morgan fingerprint density at radius 3 is 2.35 bits per heavy atom. The van der Waals surface area contributed by atoms with Crippen LogP contribution in [0.1, 0.15) is 29.0 Å². The molecule has 9 heteroatoms. The molecule has 158 valence electrons. The summed E-state index contributed by atoms with van der Waals surface area (Å²) >= 11 is 18.1. The normalized spacial score (nSPS) is 14.2. The third kappa shape index (κ3) is 3.38. The van der Waals surface area contributed by atoms with Crippen molar-refractivity contribution in [1.82, 2.24) is 0 Å². The SMILES string of the molecule is O=C1CCCc2oc3c(cc(NS(=O)(=O)c4cc(Cl)c(Cl)cc4Cl)c4ccccc43)c21. The number of carbonyl (C=O) groups is 1. The molecule has 4 aromatic rings. The molecular weight excluding hydrogens is 481 g/mol. The van der Waals surface area contributed by atoms with E-state index in [9.17, 15) is 13.2 Å². The molecule has 0 fully saturated rings. The van der Waals surface area contributed by atoms with E-state index in [-0.39, 0.29) is 25.7 Å². The number of ketones is 1. The van der Waals surface area contributed by atoms with Crippen molar-refractivity contribution in [2.24, 2.45) is 0 Å². The van der Waals surface area contributed by atoms with Gasteiger partial charge in [0.05, 0.1) is 26.3 Å². The minimum Gasteiger partial charge on any atom is -0.460 e. The maximum Gasteiger partial charge on any atom is 0.263 e. The van der Waals surface area contributed by atoms with Crippen LogP contribution in [0.2, 0.25) is 15.1 Å². The minimum atomic E-state index is -4.10. The highest BCUT2D eigenvalue weighted by Crippen LogP contribution is 2.40. The molecule has 1 N–H and O–H groups in total. The average molecular weight is 495 g/mol. The third-order valence-corrected chi connectivity index (χ3v) is 7.92. The van der Waals surface area contributed by atoms with Crippen LogP contribution in [0.4, 0.5) is 5.69 Å². The van der Waals surface area contributed by atoms with Crippen molar-refractivity contribution in [3.63, 3.8) is 0 Å². The van der Waals surface area contributed by atoms with Gasteiger partial charge in [0.2, 0.25) is 0 Å². The van der Waals surface area contributed by atoms with Gasteiger partial charge in [-0.25, -0.2) is 8.42 Å². The number of halogens is 3. The molecule has 0 amide bonds. The van der Waals surface area contributed by atoms with Gasteiger partial charge >= 0.3 is 0 Å². The van der Waals surface area contributed by atoms with Crippen molar-refractivity contribution in [2.45, 2.75) is 24.2 Å². The first-order valence-corrected chi connectivity index (χ1v) is 12.1. The number of aryl methyl sites for hydroxylation is 1. The molecule has 0 saturated carbocycles. The second kappa shape index (κ2) is 7.41. The molecule has 1 heterocycles. The van der Waals surface area contributed by atoms with Crippen LogP contribution in [0.5, 0.6) is 0 Å². The molecule has 5 nitrogen and oxygen atoms in total. The molecule has 0 bridgehead atoms. The average Bonchev–Trinajstić information content (AvgIpc) is 3.10. The van der Waals surface area contributed by atoms with Crippen LogP contribution in [0, 0.1) is 0 Å². The van der Waals surface area contributed by atoms with Crippen molar-refractivity contribution in [3.8, 4) is 0 Å². The molecular formula is C22H14Cl3NO4S. The van der Waals surface area contributed by atoms with Gasteiger partial charge in [0.25, 0.3) is 10.0 Å². The Bertz CT molecular complexity index is 1510. The molecule has 0 atom stereocenters. The predicted octanol–water partition coefficient (Wildman–Crippen LogP) is 6.87. The fourth-order valence-corrected chi connectivity index (χ4v) is 6.05. The minimum absolute atomic E-state index is 0.00313. The van der Waals surface area contributed by atoms with Crippen LogP contribution < -0.4 is 4.72 Å². The maximum absolute atomic E-state index is 13.2.